The van der Waals surface area contributed by atoms with E-state index in [2.05, 4.69) is 19.8 Å². The van der Waals surface area contributed by atoms with Crippen molar-refractivity contribution in [3.63, 3.8) is 0 Å². The molecule has 1 aliphatic carbocycles. The van der Waals surface area contributed by atoms with Crippen molar-refractivity contribution in [2.75, 3.05) is 13.1 Å². The van der Waals surface area contributed by atoms with Gasteiger partial charge in [0.25, 0.3) is 5.91 Å². The van der Waals surface area contributed by atoms with Crippen LogP contribution >= 0.6 is 11.5 Å². The number of rotatable bonds is 5. The topological polar surface area (TPSA) is 58.1 Å². The van der Waals surface area contributed by atoms with E-state index in [1.54, 1.807) is 0 Å². The SMILES string of the molecule is CCc1nnsc1C(=O)N(CC1CCCN1)C1CC1. The third-order valence-electron chi connectivity index (χ3n) is 3.91. The summed E-state index contributed by atoms with van der Waals surface area (Å²) in [5, 5.41) is 7.53. The van der Waals surface area contributed by atoms with E-state index in [0.29, 0.717) is 12.1 Å². The molecular weight excluding hydrogens is 260 g/mol. The van der Waals surface area contributed by atoms with E-state index in [4.69, 9.17) is 0 Å². The molecule has 1 unspecified atom stereocenters. The molecule has 3 rings (SSSR count). The zero-order chi connectivity index (χ0) is 13.2. The Balaban J connectivity index is 1.73. The predicted molar refractivity (Wildman–Crippen MR) is 74.4 cm³/mol. The molecular formula is C13H20N4OS. The summed E-state index contributed by atoms with van der Waals surface area (Å²) in [4.78, 5) is 15.5. The third kappa shape index (κ3) is 2.79. The van der Waals surface area contributed by atoms with Gasteiger partial charge in [0.2, 0.25) is 0 Å². The van der Waals surface area contributed by atoms with Gasteiger partial charge in [-0.1, -0.05) is 11.4 Å². The normalized spacial score (nSPS) is 22.7. The fraction of sp³-hybridized carbons (Fsp3) is 0.769. The lowest BCUT2D eigenvalue weighted by Gasteiger charge is -2.25. The fourth-order valence-corrected chi connectivity index (χ4v) is 3.37. The average Bonchev–Trinajstić information content (AvgIpc) is 2.95. The van der Waals surface area contributed by atoms with E-state index in [9.17, 15) is 4.79 Å². The van der Waals surface area contributed by atoms with E-state index in [-0.39, 0.29) is 5.91 Å². The van der Waals surface area contributed by atoms with Crippen molar-refractivity contribution in [3.8, 4) is 0 Å². The van der Waals surface area contributed by atoms with Crippen LogP contribution in [0.3, 0.4) is 0 Å². The standard InChI is InChI=1S/C13H20N4OS/c1-2-11-12(19-16-15-11)13(18)17(10-5-6-10)8-9-4-3-7-14-9/h9-10,14H,2-8H2,1H3. The van der Waals surface area contributed by atoms with Gasteiger partial charge in [-0.25, -0.2) is 0 Å². The van der Waals surface area contributed by atoms with Crippen molar-refractivity contribution in [3.05, 3.63) is 10.6 Å². The van der Waals surface area contributed by atoms with Crippen LogP contribution in [0.4, 0.5) is 0 Å². The molecule has 1 amide bonds. The van der Waals surface area contributed by atoms with Crippen LogP contribution in [0.1, 0.15) is 48.0 Å². The summed E-state index contributed by atoms with van der Waals surface area (Å²) in [6.07, 6.45) is 5.47. The predicted octanol–water partition coefficient (Wildman–Crippen LogP) is 1.46. The Morgan fingerprint density at radius 1 is 1.47 bits per heavy atom. The van der Waals surface area contributed by atoms with Gasteiger partial charge in [0, 0.05) is 18.6 Å². The maximum Gasteiger partial charge on any atom is 0.267 e. The molecule has 104 valence electrons. The minimum absolute atomic E-state index is 0.142. The first-order valence-corrected chi connectivity index (χ1v) is 7.92. The average molecular weight is 280 g/mol. The maximum absolute atomic E-state index is 12.7. The van der Waals surface area contributed by atoms with Crippen LogP contribution in [-0.2, 0) is 6.42 Å². The van der Waals surface area contributed by atoms with Crippen LogP contribution in [0.5, 0.6) is 0 Å². The second kappa shape index (κ2) is 5.54. The van der Waals surface area contributed by atoms with Gasteiger partial charge in [-0.3, -0.25) is 4.79 Å². The number of amides is 1. The molecule has 5 nitrogen and oxygen atoms in total. The van der Waals surface area contributed by atoms with E-state index in [0.717, 1.165) is 42.9 Å². The monoisotopic (exact) mass is 280 g/mol. The van der Waals surface area contributed by atoms with Gasteiger partial charge in [0.05, 0.1) is 5.69 Å². The van der Waals surface area contributed by atoms with E-state index < -0.39 is 0 Å². The lowest BCUT2D eigenvalue weighted by molar-refractivity contribution is 0.0732. The van der Waals surface area contributed by atoms with Crippen molar-refractivity contribution in [2.24, 2.45) is 0 Å². The Kier molecular flexibility index (Phi) is 3.79. The third-order valence-corrected chi connectivity index (χ3v) is 4.67. The first kappa shape index (κ1) is 13.0. The molecule has 0 spiro atoms. The fourth-order valence-electron chi connectivity index (χ4n) is 2.67. The van der Waals surface area contributed by atoms with Gasteiger partial charge in [-0.2, -0.15) is 0 Å². The Hall–Kier alpha value is -1.01. The molecule has 1 aromatic rings. The van der Waals surface area contributed by atoms with E-state index in [1.165, 1.54) is 24.4 Å². The molecule has 2 heterocycles. The van der Waals surface area contributed by atoms with Gasteiger partial charge in [0.15, 0.2) is 0 Å². The molecule has 1 aliphatic heterocycles. The summed E-state index contributed by atoms with van der Waals surface area (Å²) in [5.74, 6) is 0.142. The van der Waals surface area contributed by atoms with E-state index in [1.807, 2.05) is 6.92 Å². The minimum atomic E-state index is 0.142. The number of carbonyl (C=O) groups is 1. The van der Waals surface area contributed by atoms with Crippen LogP contribution < -0.4 is 5.32 Å². The number of aryl methyl sites for hydroxylation is 1. The van der Waals surface area contributed by atoms with Crippen LogP contribution in [0.25, 0.3) is 0 Å². The second-order valence-corrected chi connectivity index (χ2v) is 6.14. The molecule has 0 bridgehead atoms. The van der Waals surface area contributed by atoms with Crippen LogP contribution in [0.2, 0.25) is 0 Å². The largest absolute Gasteiger partial charge is 0.333 e. The minimum Gasteiger partial charge on any atom is -0.333 e. The van der Waals surface area contributed by atoms with Crippen molar-refractivity contribution in [1.82, 2.24) is 19.8 Å². The van der Waals surface area contributed by atoms with Crippen molar-refractivity contribution in [2.45, 2.75) is 51.1 Å². The summed E-state index contributed by atoms with van der Waals surface area (Å²) < 4.78 is 3.94. The molecule has 2 fully saturated rings. The smallest absolute Gasteiger partial charge is 0.267 e. The highest BCUT2D eigenvalue weighted by atomic mass is 32.1. The van der Waals surface area contributed by atoms with Gasteiger partial charge in [0.1, 0.15) is 4.88 Å². The Morgan fingerprint density at radius 2 is 2.32 bits per heavy atom. The second-order valence-electron chi connectivity index (χ2n) is 5.38. The number of hydrogen-bond donors (Lipinski definition) is 1. The number of hydrogen-bond acceptors (Lipinski definition) is 5. The molecule has 0 aromatic carbocycles. The van der Waals surface area contributed by atoms with Crippen LogP contribution in [-0.4, -0.2) is 45.6 Å². The van der Waals surface area contributed by atoms with Gasteiger partial charge >= 0.3 is 0 Å². The van der Waals surface area contributed by atoms with Crippen molar-refractivity contribution >= 4 is 17.4 Å². The van der Waals surface area contributed by atoms with Gasteiger partial charge in [-0.05, 0) is 50.2 Å². The first-order chi connectivity index (χ1) is 9.29. The Labute approximate surface area is 117 Å². The van der Waals surface area contributed by atoms with Crippen molar-refractivity contribution in [1.29, 1.82) is 0 Å². The highest BCUT2D eigenvalue weighted by molar-refractivity contribution is 7.08. The molecule has 1 saturated heterocycles. The number of aromatic nitrogens is 2. The lowest BCUT2D eigenvalue weighted by Crippen LogP contribution is -2.42. The quantitative estimate of drug-likeness (QED) is 0.887. The van der Waals surface area contributed by atoms with Gasteiger partial charge < -0.3 is 10.2 Å². The van der Waals surface area contributed by atoms with Gasteiger partial charge in [-0.15, -0.1) is 5.10 Å². The summed E-state index contributed by atoms with van der Waals surface area (Å²) in [6, 6.07) is 0.914. The zero-order valence-corrected chi connectivity index (χ0v) is 12.1. The molecule has 1 saturated carbocycles. The molecule has 1 atom stereocenters. The summed E-state index contributed by atoms with van der Waals surface area (Å²) in [6.45, 7) is 3.94. The summed E-state index contributed by atoms with van der Waals surface area (Å²) in [7, 11) is 0. The van der Waals surface area contributed by atoms with E-state index >= 15 is 0 Å². The van der Waals surface area contributed by atoms with Crippen molar-refractivity contribution < 1.29 is 4.79 Å². The number of nitrogens with one attached hydrogen (secondary N) is 1. The summed E-state index contributed by atoms with van der Waals surface area (Å²) in [5.41, 5.74) is 0.847. The summed E-state index contributed by atoms with van der Waals surface area (Å²) >= 11 is 1.24. The Morgan fingerprint density at radius 3 is 2.95 bits per heavy atom. The molecule has 1 aromatic heterocycles. The zero-order valence-electron chi connectivity index (χ0n) is 11.3. The molecule has 2 aliphatic rings. The molecule has 6 heteroatoms. The Bertz CT molecular complexity index is 451. The lowest BCUT2D eigenvalue weighted by atomic mass is 10.2. The highest BCUT2D eigenvalue weighted by Gasteiger charge is 2.36. The molecule has 1 N–H and O–H groups in total. The van der Waals surface area contributed by atoms with Crippen LogP contribution in [0, 0.1) is 0 Å². The van der Waals surface area contributed by atoms with Crippen LogP contribution in [0.15, 0.2) is 0 Å². The first-order valence-electron chi connectivity index (χ1n) is 7.15. The highest BCUT2D eigenvalue weighted by Crippen LogP contribution is 2.30. The maximum atomic E-state index is 12.7. The number of carbonyl (C=O) groups excluding carboxylic acids is 1. The number of nitrogens with zero attached hydrogens (tertiary/aromatic N) is 3. The molecule has 0 radical (unpaired) electrons. The molecule has 19 heavy (non-hydrogen) atoms.